The molecule has 0 aromatic heterocycles. The number of nitrogens with one attached hydrogen (secondary N) is 2. The molecule has 162 valence electrons. The van der Waals surface area contributed by atoms with Crippen molar-refractivity contribution in [2.45, 2.75) is 17.4 Å². The zero-order valence-electron chi connectivity index (χ0n) is 16.7. The summed E-state index contributed by atoms with van der Waals surface area (Å²) in [5.74, 6) is -0.220. The minimum absolute atomic E-state index is 0.0743. The maximum absolute atomic E-state index is 12.4. The van der Waals surface area contributed by atoms with Gasteiger partial charge in [0.15, 0.2) is 0 Å². The second-order valence-corrected chi connectivity index (χ2v) is 8.51. The number of carbonyl (C=O) groups excluding carboxylic acids is 1. The number of carbonyl (C=O) groups is 1. The zero-order valence-corrected chi connectivity index (χ0v) is 17.6. The van der Waals surface area contributed by atoms with Gasteiger partial charge in [0.1, 0.15) is 5.69 Å². The lowest BCUT2D eigenvalue weighted by Crippen LogP contribution is -2.35. The highest BCUT2D eigenvalue weighted by Crippen LogP contribution is 2.27. The molecule has 2 aromatic rings. The normalized spacial score (nSPS) is 12.4. The van der Waals surface area contributed by atoms with Gasteiger partial charge in [-0.05, 0) is 31.8 Å². The second kappa shape index (κ2) is 10.1. The number of nitro groups is 1. The molecule has 0 saturated carbocycles. The summed E-state index contributed by atoms with van der Waals surface area (Å²) in [5, 5.41) is 22.0. The monoisotopic (exact) mass is 435 g/mol. The number of benzene rings is 2. The van der Waals surface area contributed by atoms with Crippen molar-refractivity contribution in [1.29, 1.82) is 0 Å². The fourth-order valence-corrected chi connectivity index (χ4v) is 3.38. The van der Waals surface area contributed by atoms with Gasteiger partial charge in [-0.1, -0.05) is 30.3 Å². The number of likely N-dealkylation sites (N-methyl/N-ethyl adjacent to an activating group) is 1. The maximum atomic E-state index is 12.4. The SMILES string of the molecule is CN(C)CC(NC(=O)CCNc1ccc(S(N)(=O)=O)cc1[N+](=O)[O-])c1ccccc1. The third kappa shape index (κ3) is 6.79. The van der Waals surface area contributed by atoms with Gasteiger partial charge in [-0.15, -0.1) is 0 Å². The summed E-state index contributed by atoms with van der Waals surface area (Å²) in [6.07, 6.45) is 0.0743. The molecular formula is C19H25N5O5S. The Labute approximate surface area is 175 Å². The Bertz CT molecular complexity index is 996. The van der Waals surface area contributed by atoms with Gasteiger partial charge in [0, 0.05) is 25.6 Å². The summed E-state index contributed by atoms with van der Waals surface area (Å²) < 4.78 is 22.8. The number of nitrogens with two attached hydrogens (primary N) is 1. The molecule has 0 bridgehead atoms. The summed E-state index contributed by atoms with van der Waals surface area (Å²) >= 11 is 0. The molecule has 1 atom stereocenters. The molecule has 0 radical (unpaired) electrons. The minimum Gasteiger partial charge on any atom is -0.379 e. The van der Waals surface area contributed by atoms with Crippen molar-refractivity contribution < 1.29 is 18.1 Å². The van der Waals surface area contributed by atoms with Crippen LogP contribution in [0, 0.1) is 10.1 Å². The molecule has 1 unspecified atom stereocenters. The van der Waals surface area contributed by atoms with Crippen molar-refractivity contribution in [1.82, 2.24) is 10.2 Å². The van der Waals surface area contributed by atoms with E-state index in [-0.39, 0.29) is 35.5 Å². The molecule has 0 aliphatic heterocycles. The molecule has 2 aromatic carbocycles. The summed E-state index contributed by atoms with van der Waals surface area (Å²) in [5.41, 5.74) is 0.645. The van der Waals surface area contributed by atoms with Crippen LogP contribution in [0.15, 0.2) is 53.4 Å². The number of amides is 1. The molecule has 11 heteroatoms. The summed E-state index contributed by atoms with van der Waals surface area (Å²) in [6.45, 7) is 0.745. The number of hydrogen-bond acceptors (Lipinski definition) is 7. The molecule has 0 saturated heterocycles. The summed E-state index contributed by atoms with van der Waals surface area (Å²) in [7, 11) is -0.238. The van der Waals surface area contributed by atoms with E-state index in [4.69, 9.17) is 5.14 Å². The summed E-state index contributed by atoms with van der Waals surface area (Å²) in [6, 6.07) is 12.7. The van der Waals surface area contributed by atoms with E-state index in [0.29, 0.717) is 6.54 Å². The van der Waals surface area contributed by atoms with E-state index in [2.05, 4.69) is 10.6 Å². The molecule has 0 spiro atoms. The van der Waals surface area contributed by atoms with Crippen LogP contribution in [0.4, 0.5) is 11.4 Å². The van der Waals surface area contributed by atoms with E-state index >= 15 is 0 Å². The highest BCUT2D eigenvalue weighted by atomic mass is 32.2. The van der Waals surface area contributed by atoms with Crippen molar-refractivity contribution in [3.63, 3.8) is 0 Å². The van der Waals surface area contributed by atoms with Gasteiger partial charge in [0.2, 0.25) is 15.9 Å². The van der Waals surface area contributed by atoms with Crippen molar-refractivity contribution in [2.24, 2.45) is 5.14 Å². The van der Waals surface area contributed by atoms with E-state index in [1.54, 1.807) is 0 Å². The Morgan fingerprint density at radius 1 is 1.20 bits per heavy atom. The highest BCUT2D eigenvalue weighted by Gasteiger charge is 2.20. The van der Waals surface area contributed by atoms with Gasteiger partial charge >= 0.3 is 0 Å². The Kier molecular flexibility index (Phi) is 7.86. The van der Waals surface area contributed by atoms with Crippen LogP contribution in [0.5, 0.6) is 0 Å². The smallest absolute Gasteiger partial charge is 0.293 e. The molecular weight excluding hydrogens is 410 g/mol. The van der Waals surface area contributed by atoms with Crippen LogP contribution in [-0.2, 0) is 14.8 Å². The van der Waals surface area contributed by atoms with Crippen LogP contribution in [0.3, 0.4) is 0 Å². The van der Waals surface area contributed by atoms with Crippen LogP contribution >= 0.6 is 0 Å². The fraction of sp³-hybridized carbons (Fsp3) is 0.316. The Morgan fingerprint density at radius 3 is 2.43 bits per heavy atom. The topological polar surface area (TPSA) is 148 Å². The Morgan fingerprint density at radius 2 is 1.87 bits per heavy atom. The molecule has 0 heterocycles. The highest BCUT2D eigenvalue weighted by molar-refractivity contribution is 7.89. The van der Waals surface area contributed by atoms with Crippen LogP contribution in [0.25, 0.3) is 0 Å². The number of anilines is 1. The van der Waals surface area contributed by atoms with Gasteiger partial charge in [-0.25, -0.2) is 13.6 Å². The minimum atomic E-state index is -4.06. The predicted octanol–water partition coefficient (Wildman–Crippen LogP) is 1.46. The third-order valence-corrected chi connectivity index (χ3v) is 5.16. The number of rotatable bonds is 10. The fourth-order valence-electron chi connectivity index (χ4n) is 2.85. The van der Waals surface area contributed by atoms with Crippen LogP contribution in [0.2, 0.25) is 0 Å². The first-order chi connectivity index (χ1) is 14.1. The molecule has 0 aliphatic rings. The molecule has 0 fully saturated rings. The van der Waals surface area contributed by atoms with E-state index in [1.807, 2.05) is 49.3 Å². The van der Waals surface area contributed by atoms with Crippen molar-refractivity contribution in [3.05, 3.63) is 64.2 Å². The van der Waals surface area contributed by atoms with Crippen LogP contribution < -0.4 is 15.8 Å². The maximum Gasteiger partial charge on any atom is 0.293 e. The molecule has 1 amide bonds. The lowest BCUT2D eigenvalue weighted by molar-refractivity contribution is -0.384. The van der Waals surface area contributed by atoms with Gasteiger partial charge in [0.25, 0.3) is 5.69 Å². The average molecular weight is 436 g/mol. The number of nitrogens with zero attached hydrogens (tertiary/aromatic N) is 2. The molecule has 4 N–H and O–H groups in total. The van der Waals surface area contributed by atoms with Gasteiger partial charge in [-0.2, -0.15) is 0 Å². The van der Waals surface area contributed by atoms with E-state index < -0.39 is 20.6 Å². The Hall–Kier alpha value is -3.02. The first-order valence-corrected chi connectivity index (χ1v) is 10.7. The first kappa shape index (κ1) is 23.3. The molecule has 30 heavy (non-hydrogen) atoms. The number of hydrogen-bond donors (Lipinski definition) is 3. The van der Waals surface area contributed by atoms with Crippen molar-refractivity contribution in [2.75, 3.05) is 32.5 Å². The lowest BCUT2D eigenvalue weighted by atomic mass is 10.1. The van der Waals surface area contributed by atoms with E-state index in [0.717, 1.165) is 11.6 Å². The van der Waals surface area contributed by atoms with Crippen LogP contribution in [0.1, 0.15) is 18.0 Å². The number of primary sulfonamides is 1. The molecule has 0 aliphatic carbocycles. The van der Waals surface area contributed by atoms with E-state index in [1.165, 1.54) is 12.1 Å². The third-order valence-electron chi connectivity index (χ3n) is 4.25. The quantitative estimate of drug-likeness (QED) is 0.378. The number of nitro benzene ring substituents is 1. The first-order valence-electron chi connectivity index (χ1n) is 9.12. The predicted molar refractivity (Wildman–Crippen MR) is 113 cm³/mol. The molecule has 2 rings (SSSR count). The van der Waals surface area contributed by atoms with Crippen LogP contribution in [-0.4, -0.2) is 51.3 Å². The van der Waals surface area contributed by atoms with E-state index in [9.17, 15) is 23.3 Å². The standard InChI is InChI=1S/C19H25N5O5S/c1-23(2)13-17(14-6-4-3-5-7-14)22-19(25)10-11-21-16-9-8-15(30(20,28)29)12-18(16)24(26)27/h3-9,12,17,21H,10-11,13H2,1-2H3,(H,22,25)(H2,20,28,29). The molecule has 10 nitrogen and oxygen atoms in total. The van der Waals surface area contributed by atoms with Gasteiger partial charge in [-0.3, -0.25) is 14.9 Å². The lowest BCUT2D eigenvalue weighted by Gasteiger charge is -2.23. The summed E-state index contributed by atoms with van der Waals surface area (Å²) in [4.78, 5) is 24.6. The van der Waals surface area contributed by atoms with Crippen molar-refractivity contribution in [3.8, 4) is 0 Å². The van der Waals surface area contributed by atoms with Gasteiger partial charge in [0.05, 0.1) is 15.9 Å². The second-order valence-electron chi connectivity index (χ2n) is 6.95. The zero-order chi connectivity index (χ0) is 22.3. The largest absolute Gasteiger partial charge is 0.379 e. The Balaban J connectivity index is 2.02. The number of sulfonamides is 1. The van der Waals surface area contributed by atoms with Crippen molar-refractivity contribution >= 4 is 27.3 Å². The van der Waals surface area contributed by atoms with Gasteiger partial charge < -0.3 is 15.5 Å². The average Bonchev–Trinajstić information content (AvgIpc) is 2.67.